The first kappa shape index (κ1) is 37.2. The normalized spacial score (nSPS) is 16.3. The second-order valence-electron chi connectivity index (χ2n) is 13.2. The van der Waals surface area contributed by atoms with Crippen LogP contribution in [-0.2, 0) is 9.53 Å². The molecule has 234 valence electrons. The summed E-state index contributed by atoms with van der Waals surface area (Å²) in [7, 11) is 0. The van der Waals surface area contributed by atoms with Crippen molar-refractivity contribution in [2.45, 2.75) is 170 Å². The third-order valence-corrected chi connectivity index (χ3v) is 8.66. The largest absolute Gasteiger partial charge is 0.461 e. The van der Waals surface area contributed by atoms with Crippen molar-refractivity contribution in [2.75, 3.05) is 6.61 Å². The Hall–Kier alpha value is -1.83. The average Bonchev–Trinajstić information content (AvgIpc) is 2.92. The quantitative estimate of drug-likeness (QED) is 0.0698. The van der Waals surface area contributed by atoms with Crippen LogP contribution in [0.2, 0.25) is 0 Å². The standard InChI is InChI=1S/C39H66O2/c1-7-8-9-10-11-12-13-14-15-16-17-18-19-20-21-22-28-38(40)41-33-31-35(3)26-23-25-34(2)29-30-37-36(4)27-24-32-39(37,5)6/h23,25-26,29-31H,7-22,24,27-28,32-33H2,1-6H3/b26-23+,30-29+,34-25+,35-31+. The Labute approximate surface area is 255 Å². The number of allylic oxidation sites excluding steroid dienone is 9. The summed E-state index contributed by atoms with van der Waals surface area (Å²) in [5.41, 5.74) is 5.65. The number of unbranched alkanes of at least 4 members (excludes halogenated alkanes) is 15. The molecule has 0 atom stereocenters. The van der Waals surface area contributed by atoms with Gasteiger partial charge in [0.25, 0.3) is 0 Å². The fraction of sp³-hybridized carbons (Fsp3) is 0.718. The van der Waals surface area contributed by atoms with Crippen molar-refractivity contribution in [3.63, 3.8) is 0 Å². The van der Waals surface area contributed by atoms with Gasteiger partial charge >= 0.3 is 5.97 Å². The molecule has 0 saturated heterocycles. The molecule has 0 bridgehead atoms. The molecule has 1 aliphatic carbocycles. The zero-order valence-corrected chi connectivity index (χ0v) is 28.1. The molecule has 0 N–H and O–H groups in total. The van der Waals surface area contributed by atoms with Crippen molar-refractivity contribution < 1.29 is 9.53 Å². The van der Waals surface area contributed by atoms with Gasteiger partial charge in [-0.2, -0.15) is 0 Å². The molecule has 0 fully saturated rings. The van der Waals surface area contributed by atoms with Gasteiger partial charge < -0.3 is 4.74 Å². The maximum Gasteiger partial charge on any atom is 0.306 e. The summed E-state index contributed by atoms with van der Waals surface area (Å²) >= 11 is 0. The molecule has 2 heteroatoms. The fourth-order valence-corrected chi connectivity index (χ4v) is 5.86. The van der Waals surface area contributed by atoms with Crippen LogP contribution in [0, 0.1) is 5.41 Å². The van der Waals surface area contributed by atoms with E-state index in [4.69, 9.17) is 4.74 Å². The lowest BCUT2D eigenvalue weighted by Gasteiger charge is -2.32. The van der Waals surface area contributed by atoms with Gasteiger partial charge in [0.2, 0.25) is 0 Å². The van der Waals surface area contributed by atoms with E-state index in [-0.39, 0.29) is 11.4 Å². The third-order valence-electron chi connectivity index (χ3n) is 8.66. The highest BCUT2D eigenvalue weighted by Crippen LogP contribution is 2.40. The minimum Gasteiger partial charge on any atom is -0.461 e. The van der Waals surface area contributed by atoms with E-state index in [1.165, 1.54) is 126 Å². The lowest BCUT2D eigenvalue weighted by atomic mass is 9.72. The molecule has 0 aromatic rings. The van der Waals surface area contributed by atoms with Crippen LogP contribution in [0.5, 0.6) is 0 Å². The van der Waals surface area contributed by atoms with Crippen molar-refractivity contribution in [1.82, 2.24) is 0 Å². The average molecular weight is 567 g/mol. The maximum absolute atomic E-state index is 12.1. The second kappa shape index (κ2) is 23.7. The molecular formula is C39H66O2. The Balaban J connectivity index is 2.06. The van der Waals surface area contributed by atoms with Crippen LogP contribution >= 0.6 is 0 Å². The summed E-state index contributed by atoms with van der Waals surface area (Å²) in [5.74, 6) is -0.0699. The van der Waals surface area contributed by atoms with Crippen molar-refractivity contribution >= 4 is 5.97 Å². The predicted octanol–water partition coefficient (Wildman–Crippen LogP) is 12.7. The zero-order valence-electron chi connectivity index (χ0n) is 28.1. The highest BCUT2D eigenvalue weighted by atomic mass is 16.5. The van der Waals surface area contributed by atoms with Crippen LogP contribution in [0.15, 0.2) is 58.7 Å². The first-order valence-corrected chi connectivity index (χ1v) is 17.3. The number of carbonyl (C=O) groups is 1. The smallest absolute Gasteiger partial charge is 0.306 e. The van der Waals surface area contributed by atoms with E-state index in [0.29, 0.717) is 13.0 Å². The second-order valence-corrected chi connectivity index (χ2v) is 13.2. The van der Waals surface area contributed by atoms with Gasteiger partial charge in [-0.25, -0.2) is 0 Å². The van der Waals surface area contributed by atoms with Gasteiger partial charge in [-0.15, -0.1) is 0 Å². The van der Waals surface area contributed by atoms with Gasteiger partial charge in [-0.05, 0) is 63.5 Å². The Morgan fingerprint density at radius 1 is 0.780 bits per heavy atom. The topological polar surface area (TPSA) is 26.3 Å². The van der Waals surface area contributed by atoms with Gasteiger partial charge in [0.1, 0.15) is 6.61 Å². The Morgan fingerprint density at radius 3 is 1.85 bits per heavy atom. The van der Waals surface area contributed by atoms with E-state index >= 15 is 0 Å². The highest BCUT2D eigenvalue weighted by Gasteiger charge is 2.26. The molecule has 0 amide bonds. The van der Waals surface area contributed by atoms with Crippen LogP contribution in [0.4, 0.5) is 0 Å². The molecule has 2 nitrogen and oxygen atoms in total. The van der Waals surface area contributed by atoms with Crippen LogP contribution in [-0.4, -0.2) is 12.6 Å². The Bertz CT molecular complexity index is 849. The molecule has 41 heavy (non-hydrogen) atoms. The van der Waals surface area contributed by atoms with Crippen LogP contribution < -0.4 is 0 Å². The minimum absolute atomic E-state index is 0.0699. The van der Waals surface area contributed by atoms with E-state index < -0.39 is 0 Å². The van der Waals surface area contributed by atoms with E-state index in [0.717, 1.165) is 18.4 Å². The SMILES string of the molecule is CCCCCCCCCCCCCCCCCCC(=O)OC/C=C(C)/C=C/C=C(C)/C=C/C1=C(C)CCCC1(C)C. The third kappa shape index (κ3) is 19.8. The number of hydrogen-bond donors (Lipinski definition) is 0. The van der Waals surface area contributed by atoms with Crippen LogP contribution in [0.25, 0.3) is 0 Å². The lowest BCUT2D eigenvalue weighted by molar-refractivity contribution is -0.142. The van der Waals surface area contributed by atoms with Crippen LogP contribution in [0.3, 0.4) is 0 Å². The molecule has 0 unspecified atom stereocenters. The number of carbonyl (C=O) groups excluding carboxylic acids is 1. The van der Waals surface area contributed by atoms with Gasteiger partial charge in [0.05, 0.1) is 0 Å². The summed E-state index contributed by atoms with van der Waals surface area (Å²) < 4.78 is 5.42. The van der Waals surface area contributed by atoms with Crippen molar-refractivity contribution in [3.8, 4) is 0 Å². The summed E-state index contributed by atoms with van der Waals surface area (Å²) in [6.07, 6.45) is 38.7. The summed E-state index contributed by atoms with van der Waals surface area (Å²) in [4.78, 5) is 12.1. The number of esters is 1. The van der Waals surface area contributed by atoms with Gasteiger partial charge in [-0.3, -0.25) is 4.79 Å². The molecule has 0 aromatic heterocycles. The van der Waals surface area contributed by atoms with Crippen molar-refractivity contribution in [2.24, 2.45) is 5.41 Å². The molecule has 1 aliphatic rings. The number of rotatable bonds is 23. The minimum atomic E-state index is -0.0699. The van der Waals surface area contributed by atoms with E-state index in [9.17, 15) is 4.79 Å². The van der Waals surface area contributed by atoms with E-state index in [1.54, 1.807) is 0 Å². The van der Waals surface area contributed by atoms with Crippen molar-refractivity contribution in [3.05, 3.63) is 58.7 Å². The summed E-state index contributed by atoms with van der Waals surface area (Å²) in [5, 5.41) is 0. The van der Waals surface area contributed by atoms with Gasteiger partial charge in [-0.1, -0.05) is 164 Å². The van der Waals surface area contributed by atoms with Crippen LogP contribution in [0.1, 0.15) is 170 Å². The monoisotopic (exact) mass is 567 g/mol. The van der Waals surface area contributed by atoms with Crippen molar-refractivity contribution in [1.29, 1.82) is 0 Å². The van der Waals surface area contributed by atoms with E-state index in [2.05, 4.69) is 71.9 Å². The zero-order chi connectivity index (χ0) is 30.2. The molecule has 0 aliphatic heterocycles. The number of hydrogen-bond acceptors (Lipinski definition) is 2. The summed E-state index contributed by atoms with van der Waals surface area (Å²) in [6.45, 7) is 13.8. The molecule has 0 saturated carbocycles. The first-order chi connectivity index (χ1) is 19.8. The van der Waals surface area contributed by atoms with E-state index in [1.807, 2.05) is 6.08 Å². The predicted molar refractivity (Wildman–Crippen MR) is 181 cm³/mol. The van der Waals surface area contributed by atoms with Gasteiger partial charge in [0.15, 0.2) is 0 Å². The number of ether oxygens (including phenoxy) is 1. The Morgan fingerprint density at radius 2 is 1.32 bits per heavy atom. The fourth-order valence-electron chi connectivity index (χ4n) is 5.86. The highest BCUT2D eigenvalue weighted by molar-refractivity contribution is 5.69. The maximum atomic E-state index is 12.1. The molecular weight excluding hydrogens is 500 g/mol. The van der Waals surface area contributed by atoms with Gasteiger partial charge in [0, 0.05) is 6.42 Å². The lowest BCUT2D eigenvalue weighted by Crippen LogP contribution is -2.19. The molecule has 0 spiro atoms. The molecule has 1 rings (SSSR count). The molecule has 0 heterocycles. The molecule has 0 radical (unpaired) electrons. The Kier molecular flexibility index (Phi) is 21.5. The first-order valence-electron chi connectivity index (χ1n) is 17.3. The molecule has 0 aromatic carbocycles. The summed E-state index contributed by atoms with van der Waals surface area (Å²) in [6, 6.07) is 0.